The van der Waals surface area contributed by atoms with Gasteiger partial charge in [-0.15, -0.1) is 0 Å². The maximum atomic E-state index is 11.2. The quantitative estimate of drug-likeness (QED) is 0.858. The molecule has 2 heterocycles. The molecule has 2 aromatic heterocycles. The Labute approximate surface area is 98.1 Å². The molecule has 0 unspecified atom stereocenters. The van der Waals surface area contributed by atoms with Crippen LogP contribution in [0.3, 0.4) is 0 Å². The Morgan fingerprint density at radius 2 is 2.29 bits per heavy atom. The van der Waals surface area contributed by atoms with E-state index in [0.29, 0.717) is 17.1 Å². The fourth-order valence-corrected chi connectivity index (χ4v) is 2.20. The Kier molecular flexibility index (Phi) is 2.14. The number of hydrogen-bond donors (Lipinski definition) is 1. The molecule has 0 aromatic carbocycles. The standard InChI is InChI=1S/C12H13N3O2/c1-7-6-13-10-5-9(8-3-2-4-8)14-15(10)11(7)12(16)17/h5-6,8H,2-4H2,1H3,(H,16,17). The van der Waals surface area contributed by atoms with Gasteiger partial charge >= 0.3 is 5.97 Å². The SMILES string of the molecule is Cc1cnc2cc(C3CCC3)nn2c1C(=O)O. The molecule has 17 heavy (non-hydrogen) atoms. The average molecular weight is 231 g/mol. The average Bonchev–Trinajstić information content (AvgIpc) is 2.56. The molecule has 0 saturated heterocycles. The smallest absolute Gasteiger partial charge is 0.354 e. The second-order valence-corrected chi connectivity index (χ2v) is 4.56. The highest BCUT2D eigenvalue weighted by Gasteiger charge is 2.24. The molecular formula is C12H13N3O2. The molecule has 1 N–H and O–H groups in total. The Morgan fingerprint density at radius 1 is 1.53 bits per heavy atom. The van der Waals surface area contributed by atoms with Crippen molar-refractivity contribution in [3.8, 4) is 0 Å². The number of aromatic carboxylic acids is 1. The van der Waals surface area contributed by atoms with Gasteiger partial charge in [-0.1, -0.05) is 6.42 Å². The number of carboxylic acid groups (broad SMARTS) is 1. The molecule has 5 heteroatoms. The highest BCUT2D eigenvalue weighted by Crippen LogP contribution is 2.35. The number of carboxylic acids is 1. The fourth-order valence-electron chi connectivity index (χ4n) is 2.20. The van der Waals surface area contributed by atoms with E-state index in [1.54, 1.807) is 13.1 Å². The third-order valence-corrected chi connectivity index (χ3v) is 3.41. The summed E-state index contributed by atoms with van der Waals surface area (Å²) < 4.78 is 1.45. The van der Waals surface area contributed by atoms with Gasteiger partial charge in [0.15, 0.2) is 11.3 Å². The first kappa shape index (κ1) is 10.3. The largest absolute Gasteiger partial charge is 0.476 e. The first-order valence-electron chi connectivity index (χ1n) is 5.75. The number of aromatic nitrogens is 3. The predicted octanol–water partition coefficient (Wildman–Crippen LogP) is 2.00. The highest BCUT2D eigenvalue weighted by molar-refractivity contribution is 5.87. The summed E-state index contributed by atoms with van der Waals surface area (Å²) in [6.07, 6.45) is 5.11. The van der Waals surface area contributed by atoms with Crippen molar-refractivity contribution in [2.24, 2.45) is 0 Å². The predicted molar refractivity (Wildman–Crippen MR) is 61.3 cm³/mol. The fraction of sp³-hybridized carbons (Fsp3) is 0.417. The number of hydrogen-bond acceptors (Lipinski definition) is 3. The number of aryl methyl sites for hydroxylation is 1. The van der Waals surface area contributed by atoms with E-state index >= 15 is 0 Å². The van der Waals surface area contributed by atoms with Crippen LogP contribution in [0, 0.1) is 6.92 Å². The van der Waals surface area contributed by atoms with Crippen molar-refractivity contribution < 1.29 is 9.90 Å². The van der Waals surface area contributed by atoms with Gasteiger partial charge in [0.25, 0.3) is 0 Å². The summed E-state index contributed by atoms with van der Waals surface area (Å²) in [5, 5.41) is 13.6. The third kappa shape index (κ3) is 1.50. The van der Waals surface area contributed by atoms with E-state index in [9.17, 15) is 9.90 Å². The van der Waals surface area contributed by atoms with Crippen LogP contribution in [0.4, 0.5) is 0 Å². The molecule has 1 saturated carbocycles. The lowest BCUT2D eigenvalue weighted by atomic mass is 9.83. The van der Waals surface area contributed by atoms with Gasteiger partial charge in [-0.05, 0) is 19.8 Å². The van der Waals surface area contributed by atoms with Crippen LogP contribution in [-0.4, -0.2) is 25.7 Å². The van der Waals surface area contributed by atoms with Gasteiger partial charge in [-0.25, -0.2) is 14.3 Å². The lowest BCUT2D eigenvalue weighted by Gasteiger charge is -2.22. The zero-order chi connectivity index (χ0) is 12.0. The monoisotopic (exact) mass is 231 g/mol. The molecule has 1 fully saturated rings. The molecule has 0 atom stereocenters. The maximum absolute atomic E-state index is 11.2. The summed E-state index contributed by atoms with van der Waals surface area (Å²) in [6, 6.07) is 1.90. The minimum Gasteiger partial charge on any atom is -0.476 e. The summed E-state index contributed by atoms with van der Waals surface area (Å²) in [6.45, 7) is 1.74. The summed E-state index contributed by atoms with van der Waals surface area (Å²) in [4.78, 5) is 15.4. The second kappa shape index (κ2) is 3.55. The van der Waals surface area contributed by atoms with Crippen LogP contribution in [-0.2, 0) is 0 Å². The van der Waals surface area contributed by atoms with E-state index in [-0.39, 0.29) is 5.69 Å². The van der Waals surface area contributed by atoms with Crippen molar-refractivity contribution in [1.82, 2.24) is 14.6 Å². The Hall–Kier alpha value is -1.91. The number of fused-ring (bicyclic) bond motifs is 1. The first-order valence-corrected chi connectivity index (χ1v) is 5.75. The Balaban J connectivity index is 2.20. The minimum absolute atomic E-state index is 0.209. The van der Waals surface area contributed by atoms with E-state index in [1.165, 1.54) is 10.9 Å². The van der Waals surface area contributed by atoms with Crippen LogP contribution in [0.2, 0.25) is 0 Å². The minimum atomic E-state index is -0.960. The van der Waals surface area contributed by atoms with Gasteiger partial charge in [-0.3, -0.25) is 0 Å². The topological polar surface area (TPSA) is 67.5 Å². The van der Waals surface area contributed by atoms with E-state index < -0.39 is 5.97 Å². The highest BCUT2D eigenvalue weighted by atomic mass is 16.4. The van der Waals surface area contributed by atoms with E-state index in [0.717, 1.165) is 18.5 Å². The molecular weight excluding hydrogens is 218 g/mol. The molecule has 3 rings (SSSR count). The van der Waals surface area contributed by atoms with Crippen molar-refractivity contribution in [2.45, 2.75) is 32.1 Å². The van der Waals surface area contributed by atoms with Gasteiger partial charge in [-0.2, -0.15) is 5.10 Å². The van der Waals surface area contributed by atoms with Crippen molar-refractivity contribution in [3.05, 3.63) is 29.2 Å². The summed E-state index contributed by atoms with van der Waals surface area (Å²) in [5.41, 5.74) is 2.43. The van der Waals surface area contributed by atoms with Gasteiger partial charge in [0.1, 0.15) is 0 Å². The van der Waals surface area contributed by atoms with Gasteiger partial charge in [0.05, 0.1) is 5.69 Å². The summed E-state index contributed by atoms with van der Waals surface area (Å²) in [5.74, 6) is -0.475. The Bertz CT molecular complexity index is 599. The van der Waals surface area contributed by atoms with Crippen LogP contribution in [0.1, 0.15) is 46.9 Å². The summed E-state index contributed by atoms with van der Waals surface area (Å²) in [7, 11) is 0. The van der Waals surface area contributed by atoms with Crippen LogP contribution in [0.5, 0.6) is 0 Å². The molecule has 2 aromatic rings. The third-order valence-electron chi connectivity index (χ3n) is 3.41. The number of rotatable bonds is 2. The van der Waals surface area contributed by atoms with Crippen LogP contribution >= 0.6 is 0 Å². The van der Waals surface area contributed by atoms with E-state index in [4.69, 9.17) is 0 Å². The lowest BCUT2D eigenvalue weighted by Crippen LogP contribution is -2.12. The molecule has 0 bridgehead atoms. The zero-order valence-corrected chi connectivity index (χ0v) is 9.55. The lowest BCUT2D eigenvalue weighted by molar-refractivity contribution is 0.0686. The molecule has 0 amide bonds. The van der Waals surface area contributed by atoms with Crippen LogP contribution in [0.25, 0.3) is 5.65 Å². The zero-order valence-electron chi connectivity index (χ0n) is 9.55. The Morgan fingerprint density at radius 3 is 2.88 bits per heavy atom. The molecule has 5 nitrogen and oxygen atoms in total. The number of nitrogens with zero attached hydrogens (tertiary/aromatic N) is 3. The second-order valence-electron chi connectivity index (χ2n) is 4.56. The maximum Gasteiger partial charge on any atom is 0.354 e. The van der Waals surface area contributed by atoms with Gasteiger partial charge in [0.2, 0.25) is 0 Å². The van der Waals surface area contributed by atoms with Crippen LogP contribution in [0.15, 0.2) is 12.3 Å². The number of carbonyl (C=O) groups is 1. The molecule has 0 spiro atoms. The van der Waals surface area contributed by atoms with Gasteiger partial charge in [0, 0.05) is 23.7 Å². The van der Waals surface area contributed by atoms with Crippen LogP contribution < -0.4 is 0 Å². The molecule has 0 aliphatic heterocycles. The van der Waals surface area contributed by atoms with E-state index in [1.807, 2.05) is 6.07 Å². The summed E-state index contributed by atoms with van der Waals surface area (Å²) >= 11 is 0. The molecule has 0 radical (unpaired) electrons. The molecule has 88 valence electrons. The van der Waals surface area contributed by atoms with Gasteiger partial charge < -0.3 is 5.11 Å². The normalized spacial score (nSPS) is 16.1. The molecule has 1 aliphatic rings. The molecule has 1 aliphatic carbocycles. The first-order chi connectivity index (χ1) is 8.16. The van der Waals surface area contributed by atoms with E-state index in [2.05, 4.69) is 10.1 Å². The van der Waals surface area contributed by atoms with Crippen molar-refractivity contribution >= 4 is 11.6 Å². The van der Waals surface area contributed by atoms with Crippen molar-refractivity contribution in [1.29, 1.82) is 0 Å². The van der Waals surface area contributed by atoms with Crippen molar-refractivity contribution in [3.63, 3.8) is 0 Å². The van der Waals surface area contributed by atoms with Crippen molar-refractivity contribution in [2.75, 3.05) is 0 Å².